The maximum absolute atomic E-state index is 12.8. The smallest absolute Gasteiger partial charge is 0.134 e. The molecule has 1 atom stereocenters. The lowest BCUT2D eigenvalue weighted by Gasteiger charge is -2.13. The average molecular weight is 257 g/mol. The van der Waals surface area contributed by atoms with E-state index >= 15 is 0 Å². The number of hydrogen-bond acceptors (Lipinski definition) is 3. The van der Waals surface area contributed by atoms with Gasteiger partial charge in [-0.15, -0.1) is 0 Å². The Bertz CT molecular complexity index is 615. The van der Waals surface area contributed by atoms with Crippen LogP contribution in [0.25, 0.3) is 0 Å². The topological polar surface area (TPSA) is 53.2 Å². The molecule has 0 aromatic heterocycles. The minimum Gasteiger partial charge on any atom is -0.457 e. The Morgan fingerprint density at radius 3 is 2.47 bits per heavy atom. The molecule has 0 saturated heterocycles. The van der Waals surface area contributed by atoms with Gasteiger partial charge in [0.1, 0.15) is 17.3 Å². The molecule has 2 rings (SSSR count). The number of nitrogens with zero attached hydrogens (tertiary/aromatic N) is 1. The first kappa shape index (κ1) is 13.1. The number of halogens is 1. The predicted octanol–water partition coefficient (Wildman–Crippen LogP) is 3.54. The van der Waals surface area contributed by atoms with E-state index < -0.39 is 6.10 Å². The van der Waals surface area contributed by atoms with E-state index in [0.29, 0.717) is 22.6 Å². The van der Waals surface area contributed by atoms with E-state index in [1.54, 1.807) is 25.1 Å². The minimum absolute atomic E-state index is 0.353. The predicted molar refractivity (Wildman–Crippen MR) is 68.3 cm³/mol. The molecule has 4 heteroatoms. The Morgan fingerprint density at radius 2 is 1.89 bits per heavy atom. The number of ether oxygens (including phenoxy) is 1. The van der Waals surface area contributed by atoms with Gasteiger partial charge < -0.3 is 9.84 Å². The summed E-state index contributed by atoms with van der Waals surface area (Å²) in [5.74, 6) is 0.480. The number of benzene rings is 2. The first-order valence-electron chi connectivity index (χ1n) is 5.75. The van der Waals surface area contributed by atoms with Crippen LogP contribution in [-0.4, -0.2) is 5.11 Å². The van der Waals surface area contributed by atoms with Crippen molar-refractivity contribution in [3.8, 4) is 17.6 Å². The highest BCUT2D eigenvalue weighted by Gasteiger charge is 2.11. The Hall–Kier alpha value is -2.38. The lowest BCUT2D eigenvalue weighted by Crippen LogP contribution is -1.97. The zero-order valence-corrected chi connectivity index (χ0v) is 10.3. The molecule has 2 aromatic carbocycles. The lowest BCUT2D eigenvalue weighted by atomic mass is 10.1. The Morgan fingerprint density at radius 1 is 1.21 bits per heavy atom. The lowest BCUT2D eigenvalue weighted by molar-refractivity contribution is 0.195. The molecule has 1 N–H and O–H groups in total. The maximum atomic E-state index is 12.8. The molecule has 0 heterocycles. The molecule has 0 bridgehead atoms. The molecule has 0 fully saturated rings. The van der Waals surface area contributed by atoms with Crippen molar-refractivity contribution >= 4 is 0 Å². The number of nitriles is 1. The van der Waals surface area contributed by atoms with Crippen molar-refractivity contribution in [1.82, 2.24) is 0 Å². The second-order valence-corrected chi connectivity index (χ2v) is 4.10. The van der Waals surface area contributed by atoms with Gasteiger partial charge >= 0.3 is 0 Å². The van der Waals surface area contributed by atoms with Gasteiger partial charge in [-0.1, -0.05) is 6.07 Å². The van der Waals surface area contributed by atoms with Gasteiger partial charge in [-0.25, -0.2) is 4.39 Å². The zero-order valence-electron chi connectivity index (χ0n) is 10.3. The monoisotopic (exact) mass is 257 g/mol. The third kappa shape index (κ3) is 3.09. The van der Waals surface area contributed by atoms with E-state index in [1.165, 1.54) is 24.3 Å². The van der Waals surface area contributed by atoms with Crippen LogP contribution in [0.2, 0.25) is 0 Å². The second-order valence-electron chi connectivity index (χ2n) is 4.10. The highest BCUT2D eigenvalue weighted by atomic mass is 19.1. The number of aliphatic hydroxyl groups excluding tert-OH is 1. The average Bonchev–Trinajstić information content (AvgIpc) is 2.41. The van der Waals surface area contributed by atoms with Crippen LogP contribution in [0.3, 0.4) is 0 Å². The quantitative estimate of drug-likeness (QED) is 0.914. The van der Waals surface area contributed by atoms with Crippen LogP contribution in [0.5, 0.6) is 11.5 Å². The van der Waals surface area contributed by atoms with Crippen LogP contribution in [0.4, 0.5) is 4.39 Å². The molecular formula is C15H12FNO2. The molecule has 1 unspecified atom stereocenters. The van der Waals surface area contributed by atoms with Gasteiger partial charge in [0.2, 0.25) is 0 Å². The van der Waals surface area contributed by atoms with Crippen molar-refractivity contribution in [1.29, 1.82) is 5.26 Å². The summed E-state index contributed by atoms with van der Waals surface area (Å²) in [4.78, 5) is 0. The largest absolute Gasteiger partial charge is 0.457 e. The third-order valence-corrected chi connectivity index (χ3v) is 2.63. The molecule has 3 nitrogen and oxygen atoms in total. The Balaban J connectivity index is 2.37. The second kappa shape index (κ2) is 5.51. The van der Waals surface area contributed by atoms with Crippen molar-refractivity contribution in [3.63, 3.8) is 0 Å². The van der Waals surface area contributed by atoms with Gasteiger partial charge in [0.15, 0.2) is 0 Å². The SMILES string of the molecule is CC(O)c1ccc(C#N)cc1Oc1ccc(F)cc1. The van der Waals surface area contributed by atoms with E-state index in [2.05, 4.69) is 0 Å². The van der Waals surface area contributed by atoms with Crippen LogP contribution in [0.1, 0.15) is 24.2 Å². The van der Waals surface area contributed by atoms with Crippen LogP contribution >= 0.6 is 0 Å². The van der Waals surface area contributed by atoms with Crippen molar-refractivity contribution in [2.24, 2.45) is 0 Å². The molecule has 96 valence electrons. The fourth-order valence-electron chi connectivity index (χ4n) is 1.67. The summed E-state index contributed by atoms with van der Waals surface area (Å²) >= 11 is 0. The van der Waals surface area contributed by atoms with Crippen molar-refractivity contribution < 1.29 is 14.2 Å². The summed E-state index contributed by atoms with van der Waals surface area (Å²) in [7, 11) is 0. The van der Waals surface area contributed by atoms with Crippen LogP contribution < -0.4 is 4.74 Å². The van der Waals surface area contributed by atoms with E-state index in [0.717, 1.165) is 0 Å². The summed E-state index contributed by atoms with van der Waals surface area (Å²) in [6, 6.07) is 12.3. The Kier molecular flexibility index (Phi) is 3.79. The summed E-state index contributed by atoms with van der Waals surface area (Å²) < 4.78 is 18.4. The summed E-state index contributed by atoms with van der Waals surface area (Å²) in [6.07, 6.45) is -0.719. The van der Waals surface area contributed by atoms with Crippen molar-refractivity contribution in [2.45, 2.75) is 13.0 Å². The first-order valence-corrected chi connectivity index (χ1v) is 5.75. The molecule has 0 spiro atoms. The Labute approximate surface area is 110 Å². The molecule has 0 aliphatic rings. The van der Waals surface area contributed by atoms with Crippen LogP contribution in [-0.2, 0) is 0 Å². The third-order valence-electron chi connectivity index (χ3n) is 2.63. The van der Waals surface area contributed by atoms with Gasteiger partial charge in [-0.2, -0.15) is 5.26 Å². The molecule has 0 amide bonds. The molecular weight excluding hydrogens is 245 g/mol. The van der Waals surface area contributed by atoms with Gasteiger partial charge in [0, 0.05) is 5.56 Å². The fraction of sp³-hybridized carbons (Fsp3) is 0.133. The summed E-state index contributed by atoms with van der Waals surface area (Å²) in [5, 5.41) is 18.5. The molecule has 2 aromatic rings. The van der Waals surface area contributed by atoms with Gasteiger partial charge in [-0.3, -0.25) is 0 Å². The van der Waals surface area contributed by atoms with E-state index in [-0.39, 0.29) is 5.82 Å². The van der Waals surface area contributed by atoms with Crippen LogP contribution in [0.15, 0.2) is 42.5 Å². The van der Waals surface area contributed by atoms with E-state index in [9.17, 15) is 9.50 Å². The highest BCUT2D eigenvalue weighted by Crippen LogP contribution is 2.30. The van der Waals surface area contributed by atoms with E-state index in [4.69, 9.17) is 10.00 Å². The van der Waals surface area contributed by atoms with Crippen molar-refractivity contribution in [2.75, 3.05) is 0 Å². The molecule has 19 heavy (non-hydrogen) atoms. The number of hydrogen-bond donors (Lipinski definition) is 1. The van der Waals surface area contributed by atoms with Gasteiger partial charge in [0.25, 0.3) is 0 Å². The van der Waals surface area contributed by atoms with Crippen molar-refractivity contribution in [3.05, 3.63) is 59.4 Å². The highest BCUT2D eigenvalue weighted by molar-refractivity contribution is 5.45. The number of rotatable bonds is 3. The summed E-state index contributed by atoms with van der Waals surface area (Å²) in [6.45, 7) is 1.61. The number of aliphatic hydroxyl groups is 1. The molecule has 0 aliphatic carbocycles. The first-order chi connectivity index (χ1) is 9.10. The molecule has 0 saturated carbocycles. The maximum Gasteiger partial charge on any atom is 0.134 e. The molecule has 0 aliphatic heterocycles. The summed E-state index contributed by atoms with van der Waals surface area (Å²) in [5.41, 5.74) is 1.00. The normalized spacial score (nSPS) is 11.7. The zero-order chi connectivity index (χ0) is 13.8. The standard InChI is InChI=1S/C15H12FNO2/c1-10(18)14-7-2-11(9-17)8-15(14)19-13-5-3-12(16)4-6-13/h2-8,10,18H,1H3. The van der Waals surface area contributed by atoms with Gasteiger partial charge in [0.05, 0.1) is 17.7 Å². The molecule has 0 radical (unpaired) electrons. The fourth-order valence-corrected chi connectivity index (χ4v) is 1.67. The van der Waals surface area contributed by atoms with Gasteiger partial charge in [-0.05, 0) is 43.3 Å². The van der Waals surface area contributed by atoms with Crippen LogP contribution in [0, 0.1) is 17.1 Å². The van der Waals surface area contributed by atoms with E-state index in [1.807, 2.05) is 6.07 Å². The minimum atomic E-state index is -0.719.